The Labute approximate surface area is 163 Å². The third-order valence-corrected chi connectivity index (χ3v) is 6.26. The molecule has 7 nitrogen and oxygen atoms in total. The number of ether oxygens (including phenoxy) is 1. The molecule has 0 aromatic carbocycles. The summed E-state index contributed by atoms with van der Waals surface area (Å²) in [6.45, 7) is 1.32. The minimum atomic E-state index is -0.478. The van der Waals surface area contributed by atoms with Gasteiger partial charge in [-0.25, -0.2) is 4.79 Å². The van der Waals surface area contributed by atoms with Crippen molar-refractivity contribution in [3.8, 4) is 10.8 Å². The van der Waals surface area contributed by atoms with Gasteiger partial charge in [0, 0.05) is 11.8 Å². The molecule has 0 unspecified atom stereocenters. The molecule has 0 bridgehead atoms. The van der Waals surface area contributed by atoms with Crippen LogP contribution in [0, 0.1) is 0 Å². The van der Waals surface area contributed by atoms with E-state index in [2.05, 4.69) is 15.5 Å². The van der Waals surface area contributed by atoms with Crippen LogP contribution in [0.3, 0.4) is 0 Å². The van der Waals surface area contributed by atoms with Gasteiger partial charge in [0.1, 0.15) is 5.00 Å². The number of rotatable bonds is 5. The quantitative estimate of drug-likeness (QED) is 0.646. The molecule has 0 atom stereocenters. The first kappa shape index (κ1) is 17.9. The lowest BCUT2D eigenvalue weighted by Crippen LogP contribution is -2.13. The van der Waals surface area contributed by atoms with Crippen molar-refractivity contribution in [2.45, 2.75) is 39.2 Å². The van der Waals surface area contributed by atoms with Gasteiger partial charge in [0.05, 0.1) is 10.4 Å². The summed E-state index contributed by atoms with van der Waals surface area (Å²) in [6, 6.07) is 3.78. The highest BCUT2D eigenvalue weighted by Gasteiger charge is 2.27. The number of fused-ring (bicyclic) bond motifs is 1. The van der Waals surface area contributed by atoms with Crippen molar-refractivity contribution in [3.05, 3.63) is 39.4 Å². The second kappa shape index (κ2) is 7.61. The van der Waals surface area contributed by atoms with E-state index in [9.17, 15) is 9.59 Å². The number of anilines is 1. The molecule has 0 fully saturated rings. The maximum Gasteiger partial charge on any atom is 0.341 e. The van der Waals surface area contributed by atoms with Crippen molar-refractivity contribution in [3.63, 3.8) is 0 Å². The topological polar surface area (TPSA) is 94.3 Å². The van der Waals surface area contributed by atoms with Gasteiger partial charge < -0.3 is 14.5 Å². The van der Waals surface area contributed by atoms with Gasteiger partial charge in [-0.3, -0.25) is 4.79 Å². The maximum atomic E-state index is 12.7. The molecule has 3 heterocycles. The molecule has 1 N–H and O–H groups in total. The summed E-state index contributed by atoms with van der Waals surface area (Å²) in [7, 11) is 0. The third-order valence-electron chi connectivity index (χ3n) is 4.19. The summed E-state index contributed by atoms with van der Waals surface area (Å²) < 4.78 is 11.0. The Morgan fingerprint density at radius 3 is 2.93 bits per heavy atom. The summed E-state index contributed by atoms with van der Waals surface area (Å²) in [5, 5.41) is 13.1. The average Bonchev–Trinajstić information content (AvgIpc) is 3.37. The van der Waals surface area contributed by atoms with Crippen LogP contribution < -0.4 is 5.32 Å². The molecule has 1 aliphatic carbocycles. The highest BCUT2D eigenvalue weighted by atomic mass is 32.1. The molecule has 27 heavy (non-hydrogen) atoms. The van der Waals surface area contributed by atoms with Crippen LogP contribution in [0.5, 0.6) is 0 Å². The molecule has 0 aliphatic heterocycles. The molecule has 3 aromatic heterocycles. The zero-order valence-corrected chi connectivity index (χ0v) is 16.2. The Morgan fingerprint density at radius 2 is 2.15 bits per heavy atom. The standard InChI is InChI=1S/C18H17N3O4S2/c1-10(22)19-17-15(11-5-2-3-6-12(11)27-17)18(23)24-9-14-20-21-16(25-14)13-7-4-8-26-13/h4,7-8H,2-3,5-6,9H2,1H3,(H,19,22). The van der Waals surface area contributed by atoms with Gasteiger partial charge in [-0.1, -0.05) is 6.07 Å². The summed E-state index contributed by atoms with van der Waals surface area (Å²) in [5.74, 6) is -0.0472. The number of esters is 1. The second-order valence-corrected chi connectivity index (χ2v) is 8.20. The molecule has 1 amide bonds. The summed E-state index contributed by atoms with van der Waals surface area (Å²) in [6.07, 6.45) is 3.86. The first-order valence-corrected chi connectivity index (χ1v) is 10.3. The van der Waals surface area contributed by atoms with Crippen LogP contribution in [0.4, 0.5) is 5.00 Å². The summed E-state index contributed by atoms with van der Waals surface area (Å²) in [4.78, 5) is 26.2. The van der Waals surface area contributed by atoms with E-state index in [1.807, 2.05) is 17.5 Å². The first-order valence-electron chi connectivity index (χ1n) is 8.57. The van der Waals surface area contributed by atoms with Crippen LogP contribution in [0.1, 0.15) is 46.5 Å². The van der Waals surface area contributed by atoms with Crippen LogP contribution >= 0.6 is 22.7 Å². The minimum Gasteiger partial charge on any atom is -0.452 e. The Kier molecular flexibility index (Phi) is 5.04. The maximum absolute atomic E-state index is 12.7. The van der Waals surface area contributed by atoms with E-state index in [1.165, 1.54) is 29.6 Å². The fraction of sp³-hybridized carbons (Fsp3) is 0.333. The molecule has 9 heteroatoms. The Bertz CT molecular complexity index is 975. The molecule has 0 saturated carbocycles. The van der Waals surface area contributed by atoms with Crippen molar-refractivity contribution in [2.24, 2.45) is 0 Å². The molecule has 3 aromatic rings. The SMILES string of the molecule is CC(=O)Nc1sc2c(c1C(=O)OCc1nnc(-c3cccs3)o1)CCCC2. The molecule has 1 aliphatic rings. The van der Waals surface area contributed by atoms with Crippen molar-refractivity contribution in [2.75, 3.05) is 5.32 Å². The number of carbonyl (C=O) groups excluding carboxylic acids is 2. The van der Waals surface area contributed by atoms with E-state index in [-0.39, 0.29) is 18.4 Å². The van der Waals surface area contributed by atoms with Crippen molar-refractivity contribution in [1.29, 1.82) is 0 Å². The van der Waals surface area contributed by atoms with Crippen LogP contribution in [-0.2, 0) is 29.0 Å². The predicted molar refractivity (Wildman–Crippen MR) is 102 cm³/mol. The zero-order valence-electron chi connectivity index (χ0n) is 14.6. The lowest BCUT2D eigenvalue weighted by molar-refractivity contribution is -0.114. The molecule has 0 radical (unpaired) electrons. The number of aromatic nitrogens is 2. The van der Waals surface area contributed by atoms with Gasteiger partial charge in [0.15, 0.2) is 6.61 Å². The van der Waals surface area contributed by atoms with Gasteiger partial charge >= 0.3 is 5.97 Å². The van der Waals surface area contributed by atoms with E-state index in [0.717, 1.165) is 41.0 Å². The van der Waals surface area contributed by atoms with Crippen molar-refractivity contribution < 1.29 is 18.7 Å². The highest BCUT2D eigenvalue weighted by molar-refractivity contribution is 7.17. The van der Waals surface area contributed by atoms with Crippen molar-refractivity contribution >= 4 is 39.6 Å². The van der Waals surface area contributed by atoms with Gasteiger partial charge in [0.2, 0.25) is 5.91 Å². The lowest BCUT2D eigenvalue weighted by Gasteiger charge is -2.12. The number of amides is 1. The zero-order chi connectivity index (χ0) is 18.8. The van der Waals surface area contributed by atoms with Gasteiger partial charge in [-0.15, -0.1) is 32.9 Å². The highest BCUT2D eigenvalue weighted by Crippen LogP contribution is 2.38. The van der Waals surface area contributed by atoms with E-state index in [4.69, 9.17) is 9.15 Å². The van der Waals surface area contributed by atoms with E-state index >= 15 is 0 Å². The largest absolute Gasteiger partial charge is 0.452 e. The van der Waals surface area contributed by atoms with Crippen LogP contribution in [0.25, 0.3) is 10.8 Å². The average molecular weight is 403 g/mol. The predicted octanol–water partition coefficient (Wildman–Crippen LogP) is 4.05. The minimum absolute atomic E-state index is 0.110. The number of hydrogen-bond donors (Lipinski definition) is 1. The van der Waals surface area contributed by atoms with E-state index < -0.39 is 5.97 Å². The number of nitrogens with zero attached hydrogens (tertiary/aromatic N) is 2. The normalized spacial score (nSPS) is 13.2. The summed E-state index contributed by atoms with van der Waals surface area (Å²) in [5.41, 5.74) is 1.45. The lowest BCUT2D eigenvalue weighted by atomic mass is 9.95. The molecular weight excluding hydrogens is 386 g/mol. The van der Waals surface area contributed by atoms with Gasteiger partial charge in [0.25, 0.3) is 11.8 Å². The molecule has 0 spiro atoms. The Hall–Kier alpha value is -2.52. The first-order chi connectivity index (χ1) is 13.1. The van der Waals surface area contributed by atoms with E-state index in [0.29, 0.717) is 16.5 Å². The molecule has 140 valence electrons. The number of aryl methyl sites for hydroxylation is 1. The number of nitrogens with one attached hydrogen (secondary N) is 1. The van der Waals surface area contributed by atoms with Crippen LogP contribution in [0.2, 0.25) is 0 Å². The van der Waals surface area contributed by atoms with Crippen LogP contribution in [0.15, 0.2) is 21.9 Å². The smallest absolute Gasteiger partial charge is 0.341 e. The van der Waals surface area contributed by atoms with Gasteiger partial charge in [-0.2, -0.15) is 0 Å². The van der Waals surface area contributed by atoms with Crippen molar-refractivity contribution in [1.82, 2.24) is 10.2 Å². The molecular formula is C18H17N3O4S2. The third kappa shape index (κ3) is 3.79. The number of hydrogen-bond acceptors (Lipinski definition) is 8. The second-order valence-electron chi connectivity index (χ2n) is 6.15. The van der Waals surface area contributed by atoms with Gasteiger partial charge in [-0.05, 0) is 42.7 Å². The molecule has 0 saturated heterocycles. The summed E-state index contributed by atoms with van der Waals surface area (Å²) >= 11 is 2.95. The molecule has 4 rings (SSSR count). The number of thiophene rings is 2. The van der Waals surface area contributed by atoms with Crippen LogP contribution in [-0.4, -0.2) is 22.1 Å². The fourth-order valence-corrected chi connectivity index (χ4v) is 5.01. The Balaban J connectivity index is 1.51. The number of carbonyl (C=O) groups is 2. The van der Waals surface area contributed by atoms with E-state index in [1.54, 1.807) is 0 Å². The fourth-order valence-electron chi connectivity index (χ4n) is 3.04. The monoisotopic (exact) mass is 403 g/mol. The Morgan fingerprint density at radius 1 is 1.30 bits per heavy atom.